The molecule has 1 N–H and O–H groups in total. The summed E-state index contributed by atoms with van der Waals surface area (Å²) < 4.78 is 10.7. The molecule has 0 aromatic carbocycles. The molecule has 0 spiro atoms. The average molecular weight is 442 g/mol. The van der Waals surface area contributed by atoms with Gasteiger partial charge in [0.25, 0.3) is 11.6 Å². The fraction of sp³-hybridized carbons (Fsp3) is 0.478. The zero-order valence-electron chi connectivity index (χ0n) is 18.3. The molecule has 3 aromatic rings. The van der Waals surface area contributed by atoms with E-state index in [0.29, 0.717) is 28.3 Å². The summed E-state index contributed by atoms with van der Waals surface area (Å²) >= 11 is 1.66. The van der Waals surface area contributed by atoms with Gasteiger partial charge in [-0.2, -0.15) is 0 Å². The van der Waals surface area contributed by atoms with Crippen LogP contribution in [-0.2, 0) is 9.53 Å². The van der Waals surface area contributed by atoms with Crippen molar-refractivity contribution in [2.45, 2.75) is 59.4 Å². The molecule has 8 heteroatoms. The number of pyridine rings is 1. The molecule has 164 valence electrons. The highest BCUT2D eigenvalue weighted by atomic mass is 32.1. The minimum Gasteiger partial charge on any atom is -0.452 e. The van der Waals surface area contributed by atoms with Gasteiger partial charge in [-0.1, -0.05) is 12.1 Å². The minimum absolute atomic E-state index is 0.159. The van der Waals surface area contributed by atoms with Gasteiger partial charge in [-0.05, 0) is 64.5 Å². The van der Waals surface area contributed by atoms with Gasteiger partial charge in [0.2, 0.25) is 0 Å². The highest BCUT2D eigenvalue weighted by Gasteiger charge is 2.23. The molecule has 0 saturated heterocycles. The number of carbonyl (C=O) groups excluding carboxylic acids is 2. The van der Waals surface area contributed by atoms with E-state index in [0.717, 1.165) is 41.0 Å². The Bertz CT molecular complexity index is 1130. The van der Waals surface area contributed by atoms with Gasteiger partial charge < -0.3 is 14.6 Å². The van der Waals surface area contributed by atoms with Crippen molar-refractivity contribution in [3.8, 4) is 11.3 Å². The van der Waals surface area contributed by atoms with Crippen molar-refractivity contribution in [2.75, 3.05) is 6.61 Å². The number of rotatable bonds is 5. The van der Waals surface area contributed by atoms with Gasteiger partial charge in [0.1, 0.15) is 0 Å². The number of nitrogens with one attached hydrogen (secondary N) is 1. The first-order valence-corrected chi connectivity index (χ1v) is 11.4. The number of carbonyl (C=O) groups is 2. The molecule has 3 aromatic heterocycles. The van der Waals surface area contributed by atoms with Crippen molar-refractivity contribution in [2.24, 2.45) is 5.92 Å². The number of aromatic nitrogens is 2. The predicted molar refractivity (Wildman–Crippen MR) is 119 cm³/mol. The van der Waals surface area contributed by atoms with Crippen LogP contribution in [0.25, 0.3) is 22.4 Å². The lowest BCUT2D eigenvalue weighted by molar-refractivity contribution is -0.125. The molecule has 1 saturated carbocycles. The Hall–Kier alpha value is -2.74. The Morgan fingerprint density at radius 2 is 1.94 bits per heavy atom. The number of hydrogen-bond donors (Lipinski definition) is 1. The first kappa shape index (κ1) is 21.5. The van der Waals surface area contributed by atoms with Crippen molar-refractivity contribution >= 4 is 34.3 Å². The molecule has 4 rings (SSSR count). The summed E-state index contributed by atoms with van der Waals surface area (Å²) in [4.78, 5) is 32.0. The molecule has 0 bridgehead atoms. The SMILES string of the molecule is Cc1cc(-c2cc(C(=O)OCC(=O)NC3CCC(C)CC3)c3c(C)noc3n2)c(C)s1. The third-order valence-electron chi connectivity index (χ3n) is 5.87. The van der Waals surface area contributed by atoms with E-state index in [1.54, 1.807) is 24.3 Å². The molecule has 31 heavy (non-hydrogen) atoms. The molecule has 1 amide bonds. The van der Waals surface area contributed by atoms with Crippen molar-refractivity contribution in [1.82, 2.24) is 15.5 Å². The van der Waals surface area contributed by atoms with E-state index >= 15 is 0 Å². The van der Waals surface area contributed by atoms with Crippen molar-refractivity contribution in [3.63, 3.8) is 0 Å². The second-order valence-electron chi connectivity index (χ2n) is 8.43. The number of aryl methyl sites for hydroxylation is 3. The van der Waals surface area contributed by atoms with Gasteiger partial charge >= 0.3 is 5.97 Å². The smallest absolute Gasteiger partial charge is 0.339 e. The van der Waals surface area contributed by atoms with Crippen LogP contribution in [-0.4, -0.2) is 34.7 Å². The van der Waals surface area contributed by atoms with E-state index in [9.17, 15) is 9.59 Å². The Morgan fingerprint density at radius 3 is 2.61 bits per heavy atom. The maximum Gasteiger partial charge on any atom is 0.339 e. The van der Waals surface area contributed by atoms with Gasteiger partial charge in [0.05, 0.1) is 22.3 Å². The highest BCUT2D eigenvalue weighted by Crippen LogP contribution is 2.33. The van der Waals surface area contributed by atoms with Crippen molar-refractivity contribution < 1.29 is 18.8 Å². The van der Waals surface area contributed by atoms with Gasteiger partial charge in [-0.3, -0.25) is 4.79 Å². The summed E-state index contributed by atoms with van der Waals surface area (Å²) in [6, 6.07) is 3.89. The summed E-state index contributed by atoms with van der Waals surface area (Å²) in [6.07, 6.45) is 4.15. The third-order valence-corrected chi connectivity index (χ3v) is 6.84. The van der Waals surface area contributed by atoms with Gasteiger partial charge in [-0.15, -0.1) is 11.3 Å². The monoisotopic (exact) mass is 441 g/mol. The normalized spacial score (nSPS) is 18.8. The maximum atomic E-state index is 12.9. The number of thiophene rings is 1. The molecule has 0 aliphatic heterocycles. The number of amides is 1. The van der Waals surface area contributed by atoms with Crippen molar-refractivity contribution in [1.29, 1.82) is 0 Å². The standard InChI is InChI=1S/C23H27N3O4S/c1-12-5-7-16(8-6-12)24-20(27)11-29-23(28)18-10-19(17-9-13(2)31-15(17)4)25-22-21(18)14(3)26-30-22/h9-10,12,16H,5-8,11H2,1-4H3,(H,24,27). The fourth-order valence-corrected chi connectivity index (χ4v) is 5.09. The number of hydrogen-bond acceptors (Lipinski definition) is 7. The third kappa shape index (κ3) is 4.63. The van der Waals surface area contributed by atoms with E-state index in [-0.39, 0.29) is 24.3 Å². The summed E-state index contributed by atoms with van der Waals surface area (Å²) in [5.41, 5.74) is 2.71. The molecule has 3 heterocycles. The first-order chi connectivity index (χ1) is 14.8. The largest absolute Gasteiger partial charge is 0.452 e. The summed E-state index contributed by atoms with van der Waals surface area (Å²) in [5.74, 6) is -0.154. The van der Waals surface area contributed by atoms with Crippen LogP contribution in [0.5, 0.6) is 0 Å². The number of nitrogens with zero attached hydrogens (tertiary/aromatic N) is 2. The molecular weight excluding hydrogens is 414 g/mol. The van der Waals surface area contributed by atoms with Crippen LogP contribution < -0.4 is 5.32 Å². The molecule has 0 unspecified atom stereocenters. The van der Waals surface area contributed by atoms with Gasteiger partial charge in [0.15, 0.2) is 6.61 Å². The number of esters is 1. The van der Waals surface area contributed by atoms with Gasteiger partial charge in [-0.25, -0.2) is 9.78 Å². The zero-order chi connectivity index (χ0) is 22.1. The van der Waals surface area contributed by atoms with Gasteiger partial charge in [0, 0.05) is 21.4 Å². The van der Waals surface area contributed by atoms with E-state index in [1.807, 2.05) is 19.9 Å². The van der Waals surface area contributed by atoms with Crippen LogP contribution in [0.15, 0.2) is 16.7 Å². The predicted octanol–water partition coefficient (Wildman–Crippen LogP) is 4.73. The van der Waals surface area contributed by atoms with E-state index in [4.69, 9.17) is 9.26 Å². The summed E-state index contributed by atoms with van der Waals surface area (Å²) in [5, 5.41) is 7.45. The van der Waals surface area contributed by atoms with E-state index in [2.05, 4.69) is 22.4 Å². The minimum atomic E-state index is -0.586. The molecule has 0 atom stereocenters. The second kappa shape index (κ2) is 8.78. The van der Waals surface area contributed by atoms with Crippen LogP contribution in [0, 0.1) is 26.7 Å². The molecule has 1 aliphatic rings. The molecule has 7 nitrogen and oxygen atoms in total. The Kier molecular flexibility index (Phi) is 6.09. The molecule has 0 radical (unpaired) electrons. The Balaban J connectivity index is 1.52. The quantitative estimate of drug-likeness (QED) is 0.575. The fourth-order valence-electron chi connectivity index (χ4n) is 4.16. The summed E-state index contributed by atoms with van der Waals surface area (Å²) in [7, 11) is 0. The van der Waals surface area contributed by atoms with Crippen LogP contribution >= 0.6 is 11.3 Å². The second-order valence-corrected chi connectivity index (χ2v) is 9.89. The molecular formula is C23H27N3O4S. The first-order valence-electron chi connectivity index (χ1n) is 10.6. The van der Waals surface area contributed by atoms with Crippen LogP contribution in [0.4, 0.5) is 0 Å². The molecule has 1 fully saturated rings. The average Bonchev–Trinajstić information content (AvgIpc) is 3.28. The van der Waals surface area contributed by atoms with Crippen LogP contribution in [0.1, 0.15) is 58.4 Å². The highest BCUT2D eigenvalue weighted by molar-refractivity contribution is 7.12. The number of fused-ring (bicyclic) bond motifs is 1. The topological polar surface area (TPSA) is 94.3 Å². The van der Waals surface area contributed by atoms with Crippen LogP contribution in [0.3, 0.4) is 0 Å². The number of ether oxygens (including phenoxy) is 1. The zero-order valence-corrected chi connectivity index (χ0v) is 19.1. The lowest BCUT2D eigenvalue weighted by Crippen LogP contribution is -2.39. The van der Waals surface area contributed by atoms with Crippen molar-refractivity contribution in [3.05, 3.63) is 33.1 Å². The van der Waals surface area contributed by atoms with Crippen LogP contribution in [0.2, 0.25) is 0 Å². The van der Waals surface area contributed by atoms with E-state index < -0.39 is 5.97 Å². The maximum absolute atomic E-state index is 12.9. The molecule has 1 aliphatic carbocycles. The summed E-state index contributed by atoms with van der Waals surface area (Å²) in [6.45, 7) is 7.71. The lowest BCUT2D eigenvalue weighted by Gasteiger charge is -2.26. The Morgan fingerprint density at radius 1 is 1.19 bits per heavy atom. The lowest BCUT2D eigenvalue weighted by atomic mass is 9.87. The Labute approximate surface area is 185 Å². The van der Waals surface area contributed by atoms with E-state index in [1.165, 1.54) is 0 Å².